The van der Waals surface area contributed by atoms with Gasteiger partial charge in [0.2, 0.25) is 5.82 Å². The van der Waals surface area contributed by atoms with Crippen LogP contribution in [0.3, 0.4) is 0 Å². The second-order valence-electron chi connectivity index (χ2n) is 3.47. The van der Waals surface area contributed by atoms with Gasteiger partial charge in [-0.3, -0.25) is 14.9 Å². The van der Waals surface area contributed by atoms with Gasteiger partial charge in [0.25, 0.3) is 0 Å². The molecule has 1 atom stereocenters. The first-order valence-electron chi connectivity index (χ1n) is 4.91. The Morgan fingerprint density at radius 1 is 1.61 bits per heavy atom. The third kappa shape index (κ3) is 3.67. The van der Waals surface area contributed by atoms with Gasteiger partial charge in [0, 0.05) is 23.1 Å². The lowest BCUT2D eigenvalue weighted by molar-refractivity contribution is -0.387. The van der Waals surface area contributed by atoms with E-state index in [9.17, 15) is 19.3 Å². The fourth-order valence-corrected chi connectivity index (χ4v) is 2.14. The number of halogens is 1. The second kappa shape index (κ2) is 6.31. The first-order chi connectivity index (χ1) is 8.43. The fourth-order valence-electron chi connectivity index (χ4n) is 1.19. The molecule has 1 aromatic carbocycles. The van der Waals surface area contributed by atoms with Crippen LogP contribution in [0.4, 0.5) is 10.1 Å². The van der Waals surface area contributed by atoms with Gasteiger partial charge in [-0.05, 0) is 0 Å². The first kappa shape index (κ1) is 14.4. The summed E-state index contributed by atoms with van der Waals surface area (Å²) in [7, 11) is 0. The van der Waals surface area contributed by atoms with Crippen molar-refractivity contribution in [3.05, 3.63) is 39.7 Å². The molecule has 0 saturated carbocycles. The van der Waals surface area contributed by atoms with Crippen molar-refractivity contribution in [2.75, 3.05) is 5.75 Å². The number of thioether (sulfide) groups is 1. The summed E-state index contributed by atoms with van der Waals surface area (Å²) < 4.78 is 13.6. The molecule has 18 heavy (non-hydrogen) atoms. The number of carboxylic acid groups (broad SMARTS) is 1. The monoisotopic (exact) mass is 274 g/mol. The number of aliphatic carboxylic acids is 1. The van der Waals surface area contributed by atoms with E-state index in [2.05, 4.69) is 0 Å². The molecule has 0 aliphatic heterocycles. The van der Waals surface area contributed by atoms with Crippen LogP contribution in [0, 0.1) is 15.9 Å². The van der Waals surface area contributed by atoms with E-state index in [1.807, 2.05) is 0 Å². The Bertz CT molecular complexity index is 469. The topological polar surface area (TPSA) is 106 Å². The Morgan fingerprint density at radius 3 is 2.83 bits per heavy atom. The van der Waals surface area contributed by atoms with E-state index >= 15 is 0 Å². The largest absolute Gasteiger partial charge is 0.480 e. The molecule has 3 N–H and O–H groups in total. The lowest BCUT2D eigenvalue weighted by atomic mass is 10.2. The van der Waals surface area contributed by atoms with Crippen LogP contribution < -0.4 is 5.73 Å². The molecular formula is C10H11FN2O4S. The minimum Gasteiger partial charge on any atom is -0.480 e. The van der Waals surface area contributed by atoms with Crippen LogP contribution in [-0.4, -0.2) is 27.8 Å². The van der Waals surface area contributed by atoms with Gasteiger partial charge < -0.3 is 10.8 Å². The number of nitro benzene ring substituents is 1. The predicted octanol–water partition coefficient (Wildman–Crippen LogP) is 1.38. The zero-order valence-corrected chi connectivity index (χ0v) is 10.0. The van der Waals surface area contributed by atoms with Gasteiger partial charge in [0.1, 0.15) is 6.04 Å². The summed E-state index contributed by atoms with van der Waals surface area (Å²) in [5.74, 6) is -1.78. The van der Waals surface area contributed by atoms with Crippen molar-refractivity contribution in [1.82, 2.24) is 0 Å². The second-order valence-corrected chi connectivity index (χ2v) is 4.50. The standard InChI is InChI=1S/C10H11FN2O4S/c11-9-6(2-1-3-8(9)13(16)17)4-18-5-7(12)10(14)15/h1-3,7H,4-5,12H2,(H,14,15)/t7-/m0/s1. The quantitative estimate of drug-likeness (QED) is 0.599. The summed E-state index contributed by atoms with van der Waals surface area (Å²) in [6, 6.07) is 2.85. The maximum Gasteiger partial charge on any atom is 0.321 e. The number of nitrogens with two attached hydrogens (primary N) is 1. The minimum atomic E-state index is -1.14. The average molecular weight is 274 g/mol. The molecule has 0 bridgehead atoms. The molecule has 0 amide bonds. The molecule has 98 valence electrons. The van der Waals surface area contributed by atoms with Gasteiger partial charge in [0.15, 0.2) is 0 Å². The van der Waals surface area contributed by atoms with Crippen LogP contribution in [0.15, 0.2) is 18.2 Å². The molecular weight excluding hydrogens is 263 g/mol. The predicted molar refractivity (Wildman–Crippen MR) is 64.8 cm³/mol. The van der Waals surface area contributed by atoms with Gasteiger partial charge in [-0.25, -0.2) is 0 Å². The summed E-state index contributed by atoms with van der Waals surface area (Å²) in [6.07, 6.45) is 0. The van der Waals surface area contributed by atoms with E-state index < -0.39 is 28.4 Å². The molecule has 1 rings (SSSR count). The Labute approximate surface area is 106 Å². The Hall–Kier alpha value is -1.67. The molecule has 0 aliphatic carbocycles. The molecule has 0 unspecified atom stereocenters. The zero-order chi connectivity index (χ0) is 13.7. The molecule has 0 radical (unpaired) electrons. The molecule has 6 nitrogen and oxygen atoms in total. The van der Waals surface area contributed by atoms with Crippen LogP contribution in [-0.2, 0) is 10.5 Å². The highest BCUT2D eigenvalue weighted by Crippen LogP contribution is 2.23. The molecule has 8 heteroatoms. The Balaban J connectivity index is 2.66. The van der Waals surface area contributed by atoms with E-state index in [4.69, 9.17) is 10.8 Å². The highest BCUT2D eigenvalue weighted by Gasteiger charge is 2.18. The van der Waals surface area contributed by atoms with Crippen molar-refractivity contribution < 1.29 is 19.2 Å². The van der Waals surface area contributed by atoms with Crippen molar-refractivity contribution in [1.29, 1.82) is 0 Å². The summed E-state index contributed by atoms with van der Waals surface area (Å²) >= 11 is 1.11. The van der Waals surface area contributed by atoms with Gasteiger partial charge in [-0.2, -0.15) is 16.2 Å². The van der Waals surface area contributed by atoms with Crippen molar-refractivity contribution in [3.63, 3.8) is 0 Å². The lowest BCUT2D eigenvalue weighted by Crippen LogP contribution is -2.32. The van der Waals surface area contributed by atoms with Crippen LogP contribution in [0.5, 0.6) is 0 Å². The van der Waals surface area contributed by atoms with Gasteiger partial charge in [-0.15, -0.1) is 0 Å². The fraction of sp³-hybridized carbons (Fsp3) is 0.300. The highest BCUT2D eigenvalue weighted by atomic mass is 32.2. The van der Waals surface area contributed by atoms with E-state index in [0.29, 0.717) is 0 Å². The van der Waals surface area contributed by atoms with Crippen LogP contribution in [0.25, 0.3) is 0 Å². The molecule has 0 fully saturated rings. The summed E-state index contributed by atoms with van der Waals surface area (Å²) in [5.41, 5.74) is 4.85. The van der Waals surface area contributed by atoms with E-state index in [0.717, 1.165) is 17.8 Å². The van der Waals surface area contributed by atoms with E-state index in [1.54, 1.807) is 0 Å². The summed E-state index contributed by atoms with van der Waals surface area (Å²) in [4.78, 5) is 20.2. The minimum absolute atomic E-state index is 0.109. The molecule has 0 aromatic heterocycles. The number of rotatable bonds is 6. The number of benzene rings is 1. The third-order valence-corrected chi connectivity index (χ3v) is 3.24. The van der Waals surface area contributed by atoms with E-state index in [1.165, 1.54) is 12.1 Å². The number of nitrogens with zero attached hydrogens (tertiary/aromatic N) is 1. The maximum atomic E-state index is 13.6. The molecule has 1 aromatic rings. The van der Waals surface area contributed by atoms with E-state index in [-0.39, 0.29) is 17.1 Å². The molecule has 0 heterocycles. The van der Waals surface area contributed by atoms with Crippen LogP contribution >= 0.6 is 11.8 Å². The number of hydrogen-bond acceptors (Lipinski definition) is 5. The number of carboxylic acids is 1. The smallest absolute Gasteiger partial charge is 0.321 e. The van der Waals surface area contributed by atoms with Crippen molar-refractivity contribution in [2.45, 2.75) is 11.8 Å². The van der Waals surface area contributed by atoms with Gasteiger partial charge >= 0.3 is 11.7 Å². The molecule has 0 saturated heterocycles. The highest BCUT2D eigenvalue weighted by molar-refractivity contribution is 7.98. The lowest BCUT2D eigenvalue weighted by Gasteiger charge is -2.06. The van der Waals surface area contributed by atoms with Crippen molar-refractivity contribution >= 4 is 23.4 Å². The summed E-state index contributed by atoms with van der Waals surface area (Å²) in [5, 5.41) is 19.1. The number of carbonyl (C=O) groups is 1. The third-order valence-electron chi connectivity index (χ3n) is 2.13. The number of hydrogen-bond donors (Lipinski definition) is 2. The molecule has 0 aliphatic rings. The van der Waals surface area contributed by atoms with Crippen molar-refractivity contribution in [2.24, 2.45) is 5.73 Å². The summed E-state index contributed by atoms with van der Waals surface area (Å²) in [6.45, 7) is 0. The number of nitro groups is 1. The van der Waals surface area contributed by atoms with Gasteiger partial charge in [-0.1, -0.05) is 12.1 Å². The SMILES string of the molecule is N[C@@H](CSCc1cccc([N+](=O)[O-])c1F)C(=O)O. The van der Waals surface area contributed by atoms with Crippen LogP contribution in [0.1, 0.15) is 5.56 Å². The van der Waals surface area contributed by atoms with Crippen molar-refractivity contribution in [3.8, 4) is 0 Å². The molecule has 0 spiro atoms. The zero-order valence-electron chi connectivity index (χ0n) is 9.21. The maximum absolute atomic E-state index is 13.6. The van der Waals surface area contributed by atoms with Crippen LogP contribution in [0.2, 0.25) is 0 Å². The normalized spacial score (nSPS) is 12.1. The first-order valence-corrected chi connectivity index (χ1v) is 6.07. The Morgan fingerprint density at radius 2 is 2.28 bits per heavy atom. The average Bonchev–Trinajstić information content (AvgIpc) is 2.30. The Kier molecular flexibility index (Phi) is 5.05. The van der Waals surface area contributed by atoms with Gasteiger partial charge in [0.05, 0.1) is 4.92 Å².